The van der Waals surface area contributed by atoms with Gasteiger partial charge in [0.25, 0.3) is 0 Å². The second-order valence-electron chi connectivity index (χ2n) is 3.70. The third kappa shape index (κ3) is 3.70. The summed E-state index contributed by atoms with van der Waals surface area (Å²) in [6.45, 7) is 8.69. The highest BCUT2D eigenvalue weighted by molar-refractivity contribution is 6.69. The van der Waals surface area contributed by atoms with Gasteiger partial charge in [-0.1, -0.05) is 0 Å². The van der Waals surface area contributed by atoms with E-state index in [9.17, 15) is 0 Å². The molecule has 0 aliphatic heterocycles. The summed E-state index contributed by atoms with van der Waals surface area (Å²) < 4.78 is 5.57. The molecule has 53 valence electrons. The molecule has 0 heterocycles. The van der Waals surface area contributed by atoms with E-state index in [1.165, 1.54) is 12.8 Å². The summed E-state index contributed by atoms with van der Waals surface area (Å²) in [5, 5.41) is 0. The summed E-state index contributed by atoms with van der Waals surface area (Å²) in [6, 6.07) is 0. The van der Waals surface area contributed by atoms with Gasteiger partial charge in [-0.2, -0.15) is 0 Å². The van der Waals surface area contributed by atoms with Gasteiger partial charge in [-0.15, -0.1) is 0 Å². The van der Waals surface area contributed by atoms with Gasteiger partial charge in [0.1, 0.15) is 0 Å². The Morgan fingerprint density at radius 3 is 2.22 bits per heavy atom. The minimum absolute atomic E-state index is 0.803. The molecule has 0 saturated heterocycles. The standard InChI is InChI=1S/C7H15OSi/c1-9(2,3)8-6-7-4-5-7/h6-7H,4-5H2,1-3H3. The molecule has 0 spiro atoms. The zero-order chi connectivity index (χ0) is 6.91. The van der Waals surface area contributed by atoms with Crippen molar-refractivity contribution in [2.75, 3.05) is 0 Å². The van der Waals surface area contributed by atoms with Crippen molar-refractivity contribution in [3.63, 3.8) is 0 Å². The second-order valence-corrected chi connectivity index (χ2v) is 8.16. The van der Waals surface area contributed by atoms with Crippen molar-refractivity contribution in [2.24, 2.45) is 5.92 Å². The second kappa shape index (κ2) is 2.43. The lowest BCUT2D eigenvalue weighted by atomic mass is 10.5. The Morgan fingerprint density at radius 2 is 1.89 bits per heavy atom. The van der Waals surface area contributed by atoms with Gasteiger partial charge in [-0.25, -0.2) is 0 Å². The summed E-state index contributed by atoms with van der Waals surface area (Å²) in [6.07, 6.45) is 2.70. The molecule has 2 heteroatoms. The molecular weight excluding hydrogens is 128 g/mol. The SMILES string of the molecule is C[Si](C)(C)O[CH]C1CC1. The highest BCUT2D eigenvalue weighted by Gasteiger charge is 2.25. The van der Waals surface area contributed by atoms with Crippen LogP contribution >= 0.6 is 0 Å². The quantitative estimate of drug-likeness (QED) is 0.551. The Labute approximate surface area is 58.5 Å². The lowest BCUT2D eigenvalue weighted by Crippen LogP contribution is -2.24. The smallest absolute Gasteiger partial charge is 0.184 e. The van der Waals surface area contributed by atoms with Crippen molar-refractivity contribution in [3.05, 3.63) is 6.61 Å². The van der Waals surface area contributed by atoms with Crippen LogP contribution in [0.3, 0.4) is 0 Å². The number of rotatable bonds is 3. The zero-order valence-corrected chi connectivity index (χ0v) is 7.48. The molecule has 0 aromatic carbocycles. The van der Waals surface area contributed by atoms with Crippen molar-refractivity contribution < 1.29 is 4.43 Å². The molecule has 0 unspecified atom stereocenters. The van der Waals surface area contributed by atoms with Crippen molar-refractivity contribution in [1.29, 1.82) is 0 Å². The first-order valence-electron chi connectivity index (χ1n) is 3.59. The molecule has 1 aliphatic carbocycles. The minimum Gasteiger partial charge on any atom is -0.412 e. The number of hydrogen-bond donors (Lipinski definition) is 0. The molecule has 0 aromatic rings. The van der Waals surface area contributed by atoms with Crippen LogP contribution in [-0.4, -0.2) is 8.32 Å². The molecule has 1 rings (SSSR count). The van der Waals surface area contributed by atoms with Gasteiger partial charge in [-0.05, 0) is 38.4 Å². The van der Waals surface area contributed by atoms with Crippen LogP contribution in [0.5, 0.6) is 0 Å². The van der Waals surface area contributed by atoms with E-state index < -0.39 is 8.32 Å². The van der Waals surface area contributed by atoms with Crippen LogP contribution in [0.25, 0.3) is 0 Å². The molecule has 1 radical (unpaired) electrons. The van der Waals surface area contributed by atoms with Gasteiger partial charge >= 0.3 is 0 Å². The fourth-order valence-corrected chi connectivity index (χ4v) is 1.13. The van der Waals surface area contributed by atoms with Crippen molar-refractivity contribution in [2.45, 2.75) is 32.5 Å². The Bertz CT molecular complexity index is 91.6. The van der Waals surface area contributed by atoms with E-state index in [2.05, 4.69) is 19.6 Å². The van der Waals surface area contributed by atoms with Crippen LogP contribution in [-0.2, 0) is 4.43 Å². The van der Waals surface area contributed by atoms with E-state index in [0.717, 1.165) is 5.92 Å². The van der Waals surface area contributed by atoms with Gasteiger partial charge in [0.2, 0.25) is 0 Å². The van der Waals surface area contributed by atoms with E-state index in [1.807, 2.05) is 6.61 Å². The molecule has 1 fully saturated rings. The number of hydrogen-bond acceptors (Lipinski definition) is 1. The maximum absolute atomic E-state index is 5.57. The van der Waals surface area contributed by atoms with Gasteiger partial charge in [0.05, 0.1) is 6.61 Å². The van der Waals surface area contributed by atoms with Crippen LogP contribution < -0.4 is 0 Å². The summed E-state index contributed by atoms with van der Waals surface area (Å²) in [5.74, 6) is 0.803. The van der Waals surface area contributed by atoms with Gasteiger partial charge in [0, 0.05) is 0 Å². The Morgan fingerprint density at radius 1 is 1.33 bits per heavy atom. The fourth-order valence-electron chi connectivity index (χ4n) is 0.533. The molecule has 0 N–H and O–H groups in total. The molecule has 0 amide bonds. The lowest BCUT2D eigenvalue weighted by Gasteiger charge is -2.15. The van der Waals surface area contributed by atoms with E-state index in [-0.39, 0.29) is 0 Å². The highest BCUT2D eigenvalue weighted by atomic mass is 28.4. The monoisotopic (exact) mass is 143 g/mol. The van der Waals surface area contributed by atoms with Crippen molar-refractivity contribution >= 4 is 8.32 Å². The fraction of sp³-hybridized carbons (Fsp3) is 0.857. The van der Waals surface area contributed by atoms with E-state index in [0.29, 0.717) is 0 Å². The predicted molar refractivity (Wildman–Crippen MR) is 41.5 cm³/mol. The summed E-state index contributed by atoms with van der Waals surface area (Å²) in [4.78, 5) is 0. The minimum atomic E-state index is -1.24. The summed E-state index contributed by atoms with van der Waals surface area (Å²) >= 11 is 0. The van der Waals surface area contributed by atoms with E-state index >= 15 is 0 Å². The third-order valence-electron chi connectivity index (χ3n) is 1.24. The molecule has 0 aromatic heterocycles. The highest BCUT2D eigenvalue weighted by Crippen LogP contribution is 2.32. The first-order valence-corrected chi connectivity index (χ1v) is 7.00. The first kappa shape index (κ1) is 7.29. The zero-order valence-electron chi connectivity index (χ0n) is 6.48. The van der Waals surface area contributed by atoms with Gasteiger partial charge in [-0.3, -0.25) is 0 Å². The molecule has 0 atom stereocenters. The largest absolute Gasteiger partial charge is 0.412 e. The van der Waals surface area contributed by atoms with Crippen LogP contribution in [0.2, 0.25) is 19.6 Å². The predicted octanol–water partition coefficient (Wildman–Crippen LogP) is 2.41. The lowest BCUT2D eigenvalue weighted by molar-refractivity contribution is 0.378. The van der Waals surface area contributed by atoms with Crippen molar-refractivity contribution in [1.82, 2.24) is 0 Å². The molecule has 1 nitrogen and oxygen atoms in total. The third-order valence-corrected chi connectivity index (χ3v) is 2.08. The topological polar surface area (TPSA) is 9.23 Å². The van der Waals surface area contributed by atoms with Crippen LogP contribution in [0, 0.1) is 12.5 Å². The molecule has 1 saturated carbocycles. The Kier molecular flexibility index (Phi) is 1.96. The normalized spacial score (nSPS) is 20.3. The average molecular weight is 143 g/mol. The van der Waals surface area contributed by atoms with Crippen LogP contribution in [0.15, 0.2) is 0 Å². The van der Waals surface area contributed by atoms with Gasteiger partial charge < -0.3 is 4.43 Å². The summed E-state index contributed by atoms with van der Waals surface area (Å²) in [7, 11) is -1.24. The molecular formula is C7H15OSi. The summed E-state index contributed by atoms with van der Waals surface area (Å²) in [5.41, 5.74) is 0. The van der Waals surface area contributed by atoms with E-state index in [1.54, 1.807) is 0 Å². The van der Waals surface area contributed by atoms with E-state index in [4.69, 9.17) is 4.43 Å². The van der Waals surface area contributed by atoms with Gasteiger partial charge in [0.15, 0.2) is 8.32 Å². The Hall–Kier alpha value is 0.177. The van der Waals surface area contributed by atoms with Crippen LogP contribution in [0.1, 0.15) is 12.8 Å². The average Bonchev–Trinajstić information content (AvgIpc) is 2.38. The first-order chi connectivity index (χ1) is 4.08. The molecule has 0 bridgehead atoms. The maximum Gasteiger partial charge on any atom is 0.184 e. The molecule has 9 heavy (non-hydrogen) atoms. The van der Waals surface area contributed by atoms with Crippen molar-refractivity contribution in [3.8, 4) is 0 Å². The van der Waals surface area contributed by atoms with Crippen LogP contribution in [0.4, 0.5) is 0 Å². The Balaban J connectivity index is 2.03. The maximum atomic E-state index is 5.57. The molecule has 1 aliphatic rings.